The molecule has 6 nitrogen and oxygen atoms in total. The van der Waals surface area contributed by atoms with Crippen LogP contribution >= 0.6 is 0 Å². The maximum Gasteiger partial charge on any atom is 0.276 e. The molecule has 0 saturated heterocycles. The summed E-state index contributed by atoms with van der Waals surface area (Å²) in [5, 5.41) is 4.75. The molecule has 4 rings (SSSR count). The Morgan fingerprint density at radius 3 is 2.79 bits per heavy atom. The molecule has 0 unspecified atom stereocenters. The van der Waals surface area contributed by atoms with Gasteiger partial charge in [-0.25, -0.2) is 9.97 Å². The van der Waals surface area contributed by atoms with E-state index in [-0.39, 0.29) is 11.6 Å². The van der Waals surface area contributed by atoms with Gasteiger partial charge in [-0.3, -0.25) is 4.79 Å². The van der Waals surface area contributed by atoms with Gasteiger partial charge in [-0.05, 0) is 60.5 Å². The van der Waals surface area contributed by atoms with Gasteiger partial charge in [0.1, 0.15) is 0 Å². The standard InChI is InChI=1S/C22H24N4O2/c23-19-7-4-11-24-20(19)21(27)26-17-8-9-18-16(13-17)10-12-25-22(18)28-14-15-5-2-1-3-6-15/h4,7-13,15H,1-3,5-6,14,23H2,(H,26,27). The van der Waals surface area contributed by atoms with Crippen molar-refractivity contribution in [3.63, 3.8) is 0 Å². The molecule has 1 aromatic carbocycles. The van der Waals surface area contributed by atoms with Crippen LogP contribution in [0.4, 0.5) is 11.4 Å². The molecule has 28 heavy (non-hydrogen) atoms. The lowest BCUT2D eigenvalue weighted by Crippen LogP contribution is -2.16. The Labute approximate surface area is 164 Å². The second-order valence-corrected chi connectivity index (χ2v) is 7.26. The van der Waals surface area contributed by atoms with Crippen LogP contribution in [0.1, 0.15) is 42.6 Å². The van der Waals surface area contributed by atoms with E-state index in [2.05, 4.69) is 15.3 Å². The summed E-state index contributed by atoms with van der Waals surface area (Å²) in [5.74, 6) is 0.934. The van der Waals surface area contributed by atoms with Crippen molar-refractivity contribution in [3.05, 3.63) is 54.5 Å². The van der Waals surface area contributed by atoms with Gasteiger partial charge < -0.3 is 15.8 Å². The zero-order valence-electron chi connectivity index (χ0n) is 15.7. The van der Waals surface area contributed by atoms with Crippen molar-refractivity contribution in [3.8, 4) is 5.88 Å². The number of nitrogens with two attached hydrogens (primary N) is 1. The number of nitrogen functional groups attached to an aromatic ring is 1. The number of ether oxygens (including phenoxy) is 1. The molecule has 1 aliphatic rings. The summed E-state index contributed by atoms with van der Waals surface area (Å²) < 4.78 is 6.04. The van der Waals surface area contributed by atoms with E-state index in [0.29, 0.717) is 29.8 Å². The zero-order chi connectivity index (χ0) is 19.3. The monoisotopic (exact) mass is 376 g/mol. The number of nitrogens with zero attached hydrogens (tertiary/aromatic N) is 2. The lowest BCUT2D eigenvalue weighted by atomic mass is 9.90. The fourth-order valence-corrected chi connectivity index (χ4v) is 3.69. The number of rotatable bonds is 5. The first kappa shape index (κ1) is 18.2. The average Bonchev–Trinajstić information content (AvgIpc) is 2.73. The van der Waals surface area contributed by atoms with Crippen LogP contribution in [0.15, 0.2) is 48.8 Å². The van der Waals surface area contributed by atoms with Crippen LogP contribution in [-0.2, 0) is 0 Å². The van der Waals surface area contributed by atoms with Crippen LogP contribution in [0.2, 0.25) is 0 Å². The number of nitrogens with one attached hydrogen (secondary N) is 1. The Balaban J connectivity index is 1.50. The van der Waals surface area contributed by atoms with E-state index >= 15 is 0 Å². The summed E-state index contributed by atoms with van der Waals surface area (Å²) in [5.41, 5.74) is 7.07. The van der Waals surface area contributed by atoms with Gasteiger partial charge in [-0.1, -0.05) is 19.3 Å². The van der Waals surface area contributed by atoms with Gasteiger partial charge in [0.05, 0.1) is 12.3 Å². The molecule has 3 aromatic rings. The third-order valence-corrected chi connectivity index (χ3v) is 5.22. The van der Waals surface area contributed by atoms with Gasteiger partial charge >= 0.3 is 0 Å². The number of benzene rings is 1. The van der Waals surface area contributed by atoms with Crippen LogP contribution in [0.5, 0.6) is 5.88 Å². The van der Waals surface area contributed by atoms with E-state index in [4.69, 9.17) is 10.5 Å². The minimum Gasteiger partial charge on any atom is -0.477 e. The molecule has 3 N–H and O–H groups in total. The smallest absolute Gasteiger partial charge is 0.276 e. The van der Waals surface area contributed by atoms with Crippen molar-refractivity contribution in [2.24, 2.45) is 5.92 Å². The molecule has 0 aliphatic heterocycles. The highest BCUT2D eigenvalue weighted by Gasteiger charge is 2.16. The molecular weight excluding hydrogens is 352 g/mol. The Kier molecular flexibility index (Phi) is 5.37. The van der Waals surface area contributed by atoms with E-state index < -0.39 is 0 Å². The maximum absolute atomic E-state index is 12.4. The van der Waals surface area contributed by atoms with Gasteiger partial charge in [0, 0.05) is 23.5 Å². The van der Waals surface area contributed by atoms with E-state index in [1.165, 1.54) is 32.1 Å². The van der Waals surface area contributed by atoms with Crippen LogP contribution < -0.4 is 15.8 Å². The summed E-state index contributed by atoms with van der Waals surface area (Å²) in [6.45, 7) is 0.712. The van der Waals surface area contributed by atoms with Gasteiger partial charge in [0.15, 0.2) is 5.69 Å². The molecule has 144 valence electrons. The summed E-state index contributed by atoms with van der Waals surface area (Å²) in [6, 6.07) is 10.9. The van der Waals surface area contributed by atoms with Crippen LogP contribution in [0, 0.1) is 5.92 Å². The lowest BCUT2D eigenvalue weighted by molar-refractivity contribution is 0.102. The molecule has 1 aliphatic carbocycles. The molecule has 0 bridgehead atoms. The SMILES string of the molecule is Nc1cccnc1C(=O)Nc1ccc2c(OCC3CCCCC3)nccc2c1. The average molecular weight is 376 g/mol. The van der Waals surface area contributed by atoms with E-state index in [1.54, 1.807) is 24.5 Å². The van der Waals surface area contributed by atoms with E-state index in [0.717, 1.165) is 10.8 Å². The molecule has 0 atom stereocenters. The Hall–Kier alpha value is -3.15. The van der Waals surface area contributed by atoms with Gasteiger partial charge in [-0.15, -0.1) is 0 Å². The highest BCUT2D eigenvalue weighted by atomic mass is 16.5. The Morgan fingerprint density at radius 1 is 1.11 bits per heavy atom. The molecule has 0 radical (unpaired) electrons. The number of fused-ring (bicyclic) bond motifs is 1. The second kappa shape index (κ2) is 8.25. The molecule has 1 saturated carbocycles. The summed E-state index contributed by atoms with van der Waals surface area (Å²) in [7, 11) is 0. The molecule has 0 spiro atoms. The number of carbonyl (C=O) groups is 1. The first-order chi connectivity index (χ1) is 13.7. The highest BCUT2D eigenvalue weighted by Crippen LogP contribution is 2.29. The van der Waals surface area contributed by atoms with Crippen molar-refractivity contribution in [1.82, 2.24) is 9.97 Å². The van der Waals surface area contributed by atoms with E-state index in [1.807, 2.05) is 24.3 Å². The molecular formula is C22H24N4O2. The largest absolute Gasteiger partial charge is 0.477 e. The van der Waals surface area contributed by atoms with Gasteiger partial charge in [-0.2, -0.15) is 0 Å². The topological polar surface area (TPSA) is 90.1 Å². The molecule has 1 amide bonds. The first-order valence-electron chi connectivity index (χ1n) is 9.74. The van der Waals surface area contributed by atoms with Crippen molar-refractivity contribution < 1.29 is 9.53 Å². The predicted octanol–water partition coefficient (Wildman–Crippen LogP) is 4.42. The predicted molar refractivity (Wildman–Crippen MR) is 110 cm³/mol. The Morgan fingerprint density at radius 2 is 1.96 bits per heavy atom. The van der Waals surface area contributed by atoms with Gasteiger partial charge in [0.25, 0.3) is 5.91 Å². The second-order valence-electron chi connectivity index (χ2n) is 7.26. The zero-order valence-corrected chi connectivity index (χ0v) is 15.7. The fraction of sp³-hybridized carbons (Fsp3) is 0.318. The van der Waals surface area contributed by atoms with Crippen LogP contribution in [0.3, 0.4) is 0 Å². The quantitative estimate of drug-likeness (QED) is 0.688. The lowest BCUT2D eigenvalue weighted by Gasteiger charge is -2.21. The van der Waals surface area contributed by atoms with Crippen molar-refractivity contribution in [2.75, 3.05) is 17.7 Å². The number of amides is 1. The highest BCUT2D eigenvalue weighted by molar-refractivity contribution is 6.07. The molecule has 2 aromatic heterocycles. The number of aromatic nitrogens is 2. The van der Waals surface area contributed by atoms with Crippen molar-refractivity contribution in [1.29, 1.82) is 0 Å². The number of pyridine rings is 2. The minimum absolute atomic E-state index is 0.217. The third kappa shape index (κ3) is 4.06. The molecule has 6 heteroatoms. The summed E-state index contributed by atoms with van der Waals surface area (Å²) in [4.78, 5) is 20.9. The summed E-state index contributed by atoms with van der Waals surface area (Å²) in [6.07, 6.45) is 9.67. The van der Waals surface area contributed by atoms with Crippen molar-refractivity contribution >= 4 is 28.1 Å². The number of anilines is 2. The van der Waals surface area contributed by atoms with Crippen LogP contribution in [0.25, 0.3) is 10.8 Å². The first-order valence-corrected chi connectivity index (χ1v) is 9.74. The maximum atomic E-state index is 12.4. The Bertz CT molecular complexity index is 983. The minimum atomic E-state index is -0.333. The summed E-state index contributed by atoms with van der Waals surface area (Å²) >= 11 is 0. The fourth-order valence-electron chi connectivity index (χ4n) is 3.69. The molecule has 2 heterocycles. The number of carbonyl (C=O) groups excluding carboxylic acids is 1. The van der Waals surface area contributed by atoms with Crippen LogP contribution in [-0.4, -0.2) is 22.5 Å². The van der Waals surface area contributed by atoms with E-state index in [9.17, 15) is 4.79 Å². The van der Waals surface area contributed by atoms with Crippen molar-refractivity contribution in [2.45, 2.75) is 32.1 Å². The third-order valence-electron chi connectivity index (χ3n) is 5.22. The normalized spacial score (nSPS) is 14.7. The molecule has 1 fully saturated rings. The number of hydrogen-bond acceptors (Lipinski definition) is 5. The van der Waals surface area contributed by atoms with Gasteiger partial charge in [0.2, 0.25) is 5.88 Å². The number of hydrogen-bond donors (Lipinski definition) is 2.